The molecular weight excluding hydrogens is 347 g/mol. The Morgan fingerprint density at radius 2 is 1.85 bits per heavy atom. The minimum Gasteiger partial charge on any atom is -0.447 e. The molecule has 27 heavy (non-hydrogen) atoms. The van der Waals surface area contributed by atoms with Crippen LogP contribution in [0.2, 0.25) is 0 Å². The van der Waals surface area contributed by atoms with E-state index < -0.39 is 0 Å². The summed E-state index contributed by atoms with van der Waals surface area (Å²) in [4.78, 5) is 20.8. The van der Waals surface area contributed by atoms with Crippen molar-refractivity contribution in [3.8, 4) is 0 Å². The van der Waals surface area contributed by atoms with Crippen molar-refractivity contribution in [2.75, 3.05) is 32.7 Å². The van der Waals surface area contributed by atoms with Gasteiger partial charge in [-0.25, -0.2) is 9.37 Å². The average molecular weight is 374 g/mol. The van der Waals surface area contributed by atoms with Crippen LogP contribution in [0.15, 0.2) is 34.9 Å². The zero-order chi connectivity index (χ0) is 19.2. The summed E-state index contributed by atoms with van der Waals surface area (Å²) in [6.45, 7) is 9.32. The number of nitrogens with zero attached hydrogens (tertiary/aromatic N) is 3. The van der Waals surface area contributed by atoms with Gasteiger partial charge in [0.25, 0.3) is 5.91 Å². The second kappa shape index (κ2) is 9.10. The van der Waals surface area contributed by atoms with E-state index in [4.69, 9.17) is 4.42 Å². The Morgan fingerprint density at radius 3 is 2.52 bits per heavy atom. The van der Waals surface area contributed by atoms with E-state index in [0.29, 0.717) is 37.1 Å². The number of oxazole rings is 1. The molecule has 0 aliphatic carbocycles. The highest BCUT2D eigenvalue weighted by Crippen LogP contribution is 2.14. The number of carbonyl (C=O) groups excluding carboxylic acids is 1. The van der Waals surface area contributed by atoms with E-state index in [1.807, 2.05) is 26.0 Å². The zero-order valence-electron chi connectivity index (χ0n) is 15.9. The average Bonchev–Trinajstić information content (AvgIpc) is 3.12. The largest absolute Gasteiger partial charge is 0.447 e. The normalized spacial score (nSPS) is 16.0. The molecule has 0 saturated carbocycles. The van der Waals surface area contributed by atoms with Crippen LogP contribution < -0.4 is 5.32 Å². The van der Waals surface area contributed by atoms with Gasteiger partial charge >= 0.3 is 0 Å². The summed E-state index contributed by atoms with van der Waals surface area (Å²) in [5.41, 5.74) is 1.06. The first kappa shape index (κ1) is 19.5. The molecule has 3 rings (SSSR count). The highest BCUT2D eigenvalue weighted by Gasteiger charge is 2.20. The predicted octanol–water partition coefficient (Wildman–Crippen LogP) is 2.52. The minimum atomic E-state index is -0.201. The van der Waals surface area contributed by atoms with Crippen LogP contribution in [0.1, 0.15) is 35.8 Å². The van der Waals surface area contributed by atoms with Crippen molar-refractivity contribution in [3.05, 3.63) is 53.5 Å². The van der Waals surface area contributed by atoms with Crippen LogP contribution in [0, 0.1) is 11.7 Å². The number of hydrogen-bond acceptors (Lipinski definition) is 5. The zero-order valence-corrected chi connectivity index (χ0v) is 15.9. The fourth-order valence-corrected chi connectivity index (χ4v) is 3.04. The Balaban J connectivity index is 1.45. The van der Waals surface area contributed by atoms with Gasteiger partial charge in [-0.3, -0.25) is 14.6 Å². The quantitative estimate of drug-likeness (QED) is 0.807. The third kappa shape index (κ3) is 5.61. The lowest BCUT2D eigenvalue weighted by Crippen LogP contribution is -2.45. The summed E-state index contributed by atoms with van der Waals surface area (Å²) in [6, 6.07) is 6.92. The highest BCUT2D eigenvalue weighted by atomic mass is 19.1. The van der Waals surface area contributed by atoms with Crippen molar-refractivity contribution in [3.63, 3.8) is 0 Å². The number of benzene rings is 1. The first-order valence-corrected chi connectivity index (χ1v) is 9.42. The smallest absolute Gasteiger partial charge is 0.273 e. The Morgan fingerprint density at radius 1 is 1.19 bits per heavy atom. The number of rotatable bonds is 7. The van der Waals surface area contributed by atoms with Gasteiger partial charge in [0.15, 0.2) is 5.69 Å². The lowest BCUT2D eigenvalue weighted by Gasteiger charge is -2.34. The first-order chi connectivity index (χ1) is 13.0. The summed E-state index contributed by atoms with van der Waals surface area (Å²) in [6.07, 6.45) is 1.42. The van der Waals surface area contributed by atoms with Gasteiger partial charge in [-0.05, 0) is 12.0 Å². The number of carbonyl (C=O) groups is 1. The van der Waals surface area contributed by atoms with Gasteiger partial charge in [0.05, 0.1) is 6.54 Å². The van der Waals surface area contributed by atoms with E-state index in [-0.39, 0.29) is 11.7 Å². The summed E-state index contributed by atoms with van der Waals surface area (Å²) in [5, 5.41) is 2.84. The van der Waals surface area contributed by atoms with Gasteiger partial charge in [0.2, 0.25) is 5.89 Å². The van der Waals surface area contributed by atoms with Crippen LogP contribution in [0.5, 0.6) is 0 Å². The molecule has 1 aliphatic rings. The van der Waals surface area contributed by atoms with E-state index in [1.54, 1.807) is 6.07 Å². The van der Waals surface area contributed by atoms with E-state index in [9.17, 15) is 9.18 Å². The minimum absolute atomic E-state index is 0.150. The Kier molecular flexibility index (Phi) is 6.58. The predicted molar refractivity (Wildman–Crippen MR) is 101 cm³/mol. The number of hydrogen-bond donors (Lipinski definition) is 1. The Labute approximate surface area is 159 Å². The molecule has 6 nitrogen and oxygen atoms in total. The fraction of sp³-hybridized carbons (Fsp3) is 0.500. The Bertz CT molecular complexity index is 754. The molecule has 1 aromatic heterocycles. The van der Waals surface area contributed by atoms with Gasteiger partial charge in [0, 0.05) is 44.8 Å². The number of halogens is 1. The molecule has 1 fully saturated rings. The molecule has 1 saturated heterocycles. The van der Waals surface area contributed by atoms with Gasteiger partial charge in [-0.1, -0.05) is 32.0 Å². The molecular formula is C20H27FN4O2. The second-order valence-electron chi connectivity index (χ2n) is 7.37. The van der Waals surface area contributed by atoms with Crippen LogP contribution in [-0.2, 0) is 13.1 Å². The molecule has 0 atom stereocenters. The van der Waals surface area contributed by atoms with Crippen molar-refractivity contribution < 1.29 is 13.6 Å². The van der Waals surface area contributed by atoms with E-state index in [2.05, 4.69) is 20.1 Å². The molecule has 0 bridgehead atoms. The molecule has 1 aliphatic heterocycles. The van der Waals surface area contributed by atoms with E-state index in [1.165, 1.54) is 12.3 Å². The van der Waals surface area contributed by atoms with Crippen molar-refractivity contribution in [2.45, 2.75) is 26.9 Å². The fourth-order valence-electron chi connectivity index (χ4n) is 3.04. The lowest BCUT2D eigenvalue weighted by atomic mass is 10.2. The topological polar surface area (TPSA) is 61.6 Å². The number of nitrogens with one attached hydrogen (secondary N) is 1. The molecule has 2 heterocycles. The van der Waals surface area contributed by atoms with E-state index in [0.717, 1.165) is 31.7 Å². The first-order valence-electron chi connectivity index (χ1n) is 9.42. The Hall–Kier alpha value is -2.25. The number of amides is 1. The number of piperazine rings is 1. The van der Waals surface area contributed by atoms with Crippen molar-refractivity contribution >= 4 is 5.91 Å². The van der Waals surface area contributed by atoms with Crippen LogP contribution in [-0.4, -0.2) is 53.4 Å². The molecule has 7 heteroatoms. The monoisotopic (exact) mass is 374 g/mol. The van der Waals surface area contributed by atoms with Gasteiger partial charge < -0.3 is 9.73 Å². The molecule has 1 N–H and O–H groups in total. The van der Waals surface area contributed by atoms with Crippen molar-refractivity contribution in [1.29, 1.82) is 0 Å². The van der Waals surface area contributed by atoms with Gasteiger partial charge in [-0.2, -0.15) is 0 Å². The summed E-state index contributed by atoms with van der Waals surface area (Å²) < 4.78 is 19.2. The van der Waals surface area contributed by atoms with Crippen molar-refractivity contribution in [1.82, 2.24) is 20.1 Å². The third-order valence-electron chi connectivity index (χ3n) is 4.63. The molecule has 1 aromatic carbocycles. The summed E-state index contributed by atoms with van der Waals surface area (Å²) >= 11 is 0. The second-order valence-corrected chi connectivity index (χ2v) is 7.37. The van der Waals surface area contributed by atoms with Crippen LogP contribution in [0.3, 0.4) is 0 Å². The maximum Gasteiger partial charge on any atom is 0.273 e. The molecule has 0 unspecified atom stereocenters. The maximum absolute atomic E-state index is 13.8. The number of aromatic nitrogens is 1. The SMILES string of the molecule is CC(C)CNC(=O)c1coc(CN2CCN(Cc3ccccc3F)CC2)n1. The molecule has 146 valence electrons. The molecule has 2 aromatic rings. The van der Waals surface area contributed by atoms with Crippen LogP contribution in [0.4, 0.5) is 4.39 Å². The van der Waals surface area contributed by atoms with Gasteiger partial charge in [0.1, 0.15) is 12.1 Å². The molecule has 0 radical (unpaired) electrons. The maximum atomic E-state index is 13.8. The molecule has 0 spiro atoms. The molecule has 1 amide bonds. The van der Waals surface area contributed by atoms with Crippen LogP contribution in [0.25, 0.3) is 0 Å². The van der Waals surface area contributed by atoms with Gasteiger partial charge in [-0.15, -0.1) is 0 Å². The summed E-state index contributed by atoms with van der Waals surface area (Å²) in [5.74, 6) is 0.588. The van der Waals surface area contributed by atoms with E-state index >= 15 is 0 Å². The standard InChI is InChI=1S/C20H27FN4O2/c1-15(2)11-22-20(26)18-14-27-19(23-18)13-25-9-7-24(8-10-25)12-16-5-3-4-6-17(16)21/h3-6,14-15H,7-13H2,1-2H3,(H,22,26). The lowest BCUT2D eigenvalue weighted by molar-refractivity contribution is 0.0943. The highest BCUT2D eigenvalue weighted by molar-refractivity contribution is 5.91. The van der Waals surface area contributed by atoms with Crippen molar-refractivity contribution in [2.24, 2.45) is 5.92 Å². The van der Waals surface area contributed by atoms with Crippen LogP contribution >= 0.6 is 0 Å². The third-order valence-corrected chi connectivity index (χ3v) is 4.63. The summed E-state index contributed by atoms with van der Waals surface area (Å²) in [7, 11) is 0.